The molecule has 3 heterocycles. The molecule has 3 aromatic heterocycles. The summed E-state index contributed by atoms with van der Waals surface area (Å²) in [7, 11) is 0. The van der Waals surface area contributed by atoms with Crippen molar-refractivity contribution in [3.05, 3.63) is 60.9 Å². The third-order valence-corrected chi connectivity index (χ3v) is 3.56. The molecule has 114 valence electrons. The van der Waals surface area contributed by atoms with Crippen molar-refractivity contribution < 1.29 is 8.81 Å². The van der Waals surface area contributed by atoms with Crippen LogP contribution < -0.4 is 11.3 Å². The van der Waals surface area contributed by atoms with Crippen LogP contribution in [0, 0.1) is 5.82 Å². The van der Waals surface area contributed by atoms with Crippen LogP contribution in [0.3, 0.4) is 0 Å². The summed E-state index contributed by atoms with van der Waals surface area (Å²) in [6, 6.07) is 9.82. The van der Waals surface area contributed by atoms with Crippen molar-refractivity contribution in [2.75, 3.05) is 5.43 Å². The zero-order valence-electron chi connectivity index (χ0n) is 11.9. The first-order valence-corrected chi connectivity index (χ1v) is 6.91. The number of nitrogens with zero attached hydrogens (tertiary/aromatic N) is 3. The maximum atomic E-state index is 13.2. The Kier molecular flexibility index (Phi) is 3.06. The quantitative estimate of drug-likeness (QED) is 0.449. The molecule has 0 spiro atoms. The van der Waals surface area contributed by atoms with Gasteiger partial charge in [0.25, 0.3) is 0 Å². The van der Waals surface area contributed by atoms with Gasteiger partial charge in [0.05, 0.1) is 5.69 Å². The number of hydrazine groups is 1. The number of benzene rings is 1. The highest BCUT2D eigenvalue weighted by Gasteiger charge is 2.18. The second kappa shape index (κ2) is 5.22. The molecule has 0 unspecified atom stereocenters. The standard InChI is InChI=1S/C16H12FN5O/c17-12-4-1-10(2-5-12)14-15(22-7-8-23-16(22)20-14)11-3-6-13(21-18)19-9-11/h1-9H,18H2,(H,19,21). The molecule has 0 fully saturated rings. The molecule has 7 heteroatoms. The second-order valence-electron chi connectivity index (χ2n) is 4.95. The number of pyridine rings is 1. The predicted octanol–water partition coefficient (Wildman–Crippen LogP) is 3.08. The third kappa shape index (κ3) is 2.23. The number of imidazole rings is 1. The first kappa shape index (κ1) is 13.5. The van der Waals surface area contributed by atoms with Crippen molar-refractivity contribution in [2.24, 2.45) is 5.84 Å². The van der Waals surface area contributed by atoms with Crippen molar-refractivity contribution in [3.63, 3.8) is 0 Å². The Labute approximate surface area is 130 Å². The number of rotatable bonds is 3. The number of nitrogen functional groups attached to an aromatic ring is 1. The van der Waals surface area contributed by atoms with E-state index < -0.39 is 0 Å². The fourth-order valence-corrected chi connectivity index (χ4v) is 2.49. The molecule has 0 radical (unpaired) electrons. The lowest BCUT2D eigenvalue weighted by atomic mass is 10.1. The van der Waals surface area contributed by atoms with E-state index in [1.54, 1.807) is 36.9 Å². The number of nitrogens with one attached hydrogen (secondary N) is 1. The Morgan fingerprint density at radius 3 is 2.57 bits per heavy atom. The lowest BCUT2D eigenvalue weighted by Crippen LogP contribution is -2.08. The fourth-order valence-electron chi connectivity index (χ4n) is 2.49. The number of nitrogens with two attached hydrogens (primary N) is 1. The Balaban J connectivity index is 1.94. The van der Waals surface area contributed by atoms with Gasteiger partial charge in [0.2, 0.25) is 0 Å². The number of hydrogen-bond donors (Lipinski definition) is 2. The molecule has 0 aliphatic heterocycles. The Hall–Kier alpha value is -3.19. The summed E-state index contributed by atoms with van der Waals surface area (Å²) in [4.78, 5) is 8.72. The highest BCUT2D eigenvalue weighted by molar-refractivity contribution is 5.81. The Bertz CT molecular complexity index is 956. The smallest absolute Gasteiger partial charge is 0.306 e. The molecule has 23 heavy (non-hydrogen) atoms. The molecule has 0 saturated heterocycles. The molecule has 6 nitrogen and oxygen atoms in total. The predicted molar refractivity (Wildman–Crippen MR) is 83.9 cm³/mol. The van der Waals surface area contributed by atoms with Gasteiger partial charge < -0.3 is 9.84 Å². The van der Waals surface area contributed by atoms with Crippen LogP contribution in [0.5, 0.6) is 0 Å². The van der Waals surface area contributed by atoms with E-state index in [0.29, 0.717) is 17.4 Å². The third-order valence-electron chi connectivity index (χ3n) is 3.56. The van der Waals surface area contributed by atoms with Crippen molar-refractivity contribution in [1.29, 1.82) is 0 Å². The Morgan fingerprint density at radius 1 is 1.09 bits per heavy atom. The second-order valence-corrected chi connectivity index (χ2v) is 4.95. The lowest BCUT2D eigenvalue weighted by molar-refractivity contribution is 0.596. The number of aromatic nitrogens is 3. The average Bonchev–Trinajstić information content (AvgIpc) is 3.16. The largest absolute Gasteiger partial charge is 0.432 e. The van der Waals surface area contributed by atoms with Gasteiger partial charge >= 0.3 is 5.84 Å². The molecule has 0 saturated carbocycles. The number of halogens is 1. The van der Waals surface area contributed by atoms with E-state index in [1.807, 2.05) is 10.5 Å². The molecule has 1 aromatic carbocycles. The maximum Gasteiger partial charge on any atom is 0.306 e. The van der Waals surface area contributed by atoms with Crippen LogP contribution in [0.25, 0.3) is 28.4 Å². The summed E-state index contributed by atoms with van der Waals surface area (Å²) < 4.78 is 20.4. The van der Waals surface area contributed by atoms with Gasteiger partial charge in [-0.3, -0.25) is 4.40 Å². The number of fused-ring (bicyclic) bond motifs is 1. The van der Waals surface area contributed by atoms with Crippen LogP contribution in [0.1, 0.15) is 0 Å². The Morgan fingerprint density at radius 2 is 1.87 bits per heavy atom. The van der Waals surface area contributed by atoms with Gasteiger partial charge in [-0.1, -0.05) is 0 Å². The van der Waals surface area contributed by atoms with Crippen molar-refractivity contribution in [1.82, 2.24) is 14.4 Å². The molecule has 0 aliphatic rings. The van der Waals surface area contributed by atoms with Gasteiger partial charge in [-0.25, -0.2) is 15.2 Å². The van der Waals surface area contributed by atoms with Crippen LogP contribution in [-0.4, -0.2) is 14.4 Å². The minimum atomic E-state index is -0.293. The van der Waals surface area contributed by atoms with E-state index in [-0.39, 0.29) is 5.82 Å². The van der Waals surface area contributed by atoms with Gasteiger partial charge in [-0.2, -0.15) is 4.98 Å². The van der Waals surface area contributed by atoms with E-state index in [0.717, 1.165) is 16.8 Å². The summed E-state index contributed by atoms with van der Waals surface area (Å²) >= 11 is 0. The topological polar surface area (TPSA) is 81.4 Å². The van der Waals surface area contributed by atoms with E-state index >= 15 is 0 Å². The normalized spacial score (nSPS) is 11.0. The summed E-state index contributed by atoms with van der Waals surface area (Å²) in [6.45, 7) is 0. The van der Waals surface area contributed by atoms with Crippen LogP contribution in [0.4, 0.5) is 10.2 Å². The van der Waals surface area contributed by atoms with Crippen molar-refractivity contribution >= 4 is 11.7 Å². The van der Waals surface area contributed by atoms with Crippen LogP contribution >= 0.6 is 0 Å². The minimum absolute atomic E-state index is 0.293. The van der Waals surface area contributed by atoms with Gasteiger partial charge in [0.1, 0.15) is 23.6 Å². The van der Waals surface area contributed by atoms with Gasteiger partial charge in [-0.05, 0) is 36.4 Å². The first-order chi connectivity index (χ1) is 11.3. The monoisotopic (exact) mass is 309 g/mol. The molecule has 0 amide bonds. The lowest BCUT2D eigenvalue weighted by Gasteiger charge is -2.05. The van der Waals surface area contributed by atoms with Crippen LogP contribution in [0.15, 0.2) is 59.5 Å². The molecular weight excluding hydrogens is 297 g/mol. The molecule has 4 rings (SSSR count). The van der Waals surface area contributed by atoms with Crippen molar-refractivity contribution in [2.45, 2.75) is 0 Å². The van der Waals surface area contributed by atoms with Gasteiger partial charge in [0, 0.05) is 23.5 Å². The van der Waals surface area contributed by atoms with E-state index in [9.17, 15) is 4.39 Å². The maximum absolute atomic E-state index is 13.2. The number of oxazole rings is 1. The molecule has 3 N–H and O–H groups in total. The van der Waals surface area contributed by atoms with Crippen molar-refractivity contribution in [3.8, 4) is 22.5 Å². The molecular formula is C16H12FN5O. The van der Waals surface area contributed by atoms with E-state index in [4.69, 9.17) is 10.3 Å². The highest BCUT2D eigenvalue weighted by atomic mass is 19.1. The zero-order valence-corrected chi connectivity index (χ0v) is 11.9. The summed E-state index contributed by atoms with van der Waals surface area (Å²) in [5.41, 5.74) is 5.64. The van der Waals surface area contributed by atoms with Gasteiger partial charge in [0.15, 0.2) is 0 Å². The first-order valence-electron chi connectivity index (χ1n) is 6.91. The van der Waals surface area contributed by atoms with E-state index in [2.05, 4.69) is 15.4 Å². The fraction of sp³-hybridized carbons (Fsp3) is 0. The van der Waals surface area contributed by atoms with Crippen LogP contribution in [-0.2, 0) is 0 Å². The molecule has 0 aliphatic carbocycles. The van der Waals surface area contributed by atoms with Crippen LogP contribution in [0.2, 0.25) is 0 Å². The number of anilines is 1. The minimum Gasteiger partial charge on any atom is -0.432 e. The van der Waals surface area contributed by atoms with Gasteiger partial charge in [-0.15, -0.1) is 0 Å². The average molecular weight is 309 g/mol. The molecule has 4 aromatic rings. The summed E-state index contributed by atoms with van der Waals surface area (Å²) in [6.07, 6.45) is 5.03. The van der Waals surface area contributed by atoms with E-state index in [1.165, 1.54) is 12.1 Å². The molecule has 0 atom stereocenters. The SMILES string of the molecule is NNc1ccc(-c2c(-c3ccc(F)cc3)nc3occn23)cn1. The summed E-state index contributed by atoms with van der Waals surface area (Å²) in [5.74, 6) is 6.07. The number of hydrogen-bond acceptors (Lipinski definition) is 5. The molecule has 0 bridgehead atoms. The highest BCUT2D eigenvalue weighted by Crippen LogP contribution is 2.33. The zero-order chi connectivity index (χ0) is 15.8. The summed E-state index contributed by atoms with van der Waals surface area (Å²) in [5, 5.41) is 0.